The van der Waals surface area contributed by atoms with E-state index in [1.807, 2.05) is 48.5 Å². The quantitative estimate of drug-likeness (QED) is 0.135. The number of rotatable bonds is 6. The molecule has 11 heteroatoms. The summed E-state index contributed by atoms with van der Waals surface area (Å²) in [7, 11) is 0. The van der Waals surface area contributed by atoms with E-state index in [0.29, 0.717) is 44.1 Å². The van der Waals surface area contributed by atoms with Gasteiger partial charge in [-0.25, -0.2) is 4.68 Å². The topological polar surface area (TPSA) is 99.7 Å². The Hall–Kier alpha value is -4.48. The molecule has 1 fully saturated rings. The molecule has 0 atom stereocenters. The average Bonchev–Trinajstić information content (AvgIpc) is 3.64. The van der Waals surface area contributed by atoms with E-state index in [9.17, 15) is 14.9 Å². The van der Waals surface area contributed by atoms with Crippen molar-refractivity contribution in [3.8, 4) is 28.4 Å². The molecule has 3 heterocycles. The van der Waals surface area contributed by atoms with Crippen LogP contribution < -0.4 is 9.47 Å². The number of hydrogen-bond donors (Lipinski definition) is 0. The molecule has 0 aliphatic carbocycles. The number of aromatic nitrogens is 2. The highest BCUT2D eigenvalue weighted by Crippen LogP contribution is 2.38. The standard InChI is InChI=1S/C27H18N4O5S2/c32-26-24(38-27(37)29(26)14-17-9-10-22-23(11-17)36-16-35-22)13-19-15-30(20-6-2-1-3-7-20)28-25(19)18-5-4-8-21(12-18)31(33)34/h1-13,15H,14,16H2. The van der Waals surface area contributed by atoms with E-state index in [2.05, 4.69) is 0 Å². The molecule has 1 aromatic heterocycles. The van der Waals surface area contributed by atoms with Gasteiger partial charge in [-0.05, 0) is 35.9 Å². The van der Waals surface area contributed by atoms with Crippen molar-refractivity contribution in [1.29, 1.82) is 0 Å². The van der Waals surface area contributed by atoms with Crippen molar-refractivity contribution in [3.05, 3.63) is 105 Å². The molecule has 38 heavy (non-hydrogen) atoms. The van der Waals surface area contributed by atoms with Crippen LogP contribution >= 0.6 is 24.0 Å². The Kier molecular flexibility index (Phi) is 6.14. The Labute approximate surface area is 226 Å². The van der Waals surface area contributed by atoms with Gasteiger partial charge in [-0.3, -0.25) is 19.8 Å². The number of benzene rings is 3. The number of nitro groups is 1. The van der Waals surface area contributed by atoms with Crippen LogP contribution in [0, 0.1) is 10.1 Å². The van der Waals surface area contributed by atoms with Crippen molar-refractivity contribution >= 4 is 46.0 Å². The fourth-order valence-corrected chi connectivity index (χ4v) is 5.44. The third kappa shape index (κ3) is 4.53. The Morgan fingerprint density at radius 1 is 1.05 bits per heavy atom. The summed E-state index contributed by atoms with van der Waals surface area (Å²) in [6.07, 6.45) is 3.54. The van der Waals surface area contributed by atoms with Crippen molar-refractivity contribution in [1.82, 2.24) is 14.7 Å². The summed E-state index contributed by atoms with van der Waals surface area (Å²) in [5.74, 6) is 1.08. The van der Waals surface area contributed by atoms with E-state index in [1.54, 1.807) is 29.1 Å². The lowest BCUT2D eigenvalue weighted by molar-refractivity contribution is -0.384. The van der Waals surface area contributed by atoms with Crippen LogP contribution in [0.25, 0.3) is 23.0 Å². The molecule has 2 aliphatic rings. The fraction of sp³-hybridized carbons (Fsp3) is 0.0741. The number of fused-ring (bicyclic) bond motifs is 1. The molecule has 1 saturated heterocycles. The first-order chi connectivity index (χ1) is 18.5. The second kappa shape index (κ2) is 9.77. The maximum atomic E-state index is 13.4. The van der Waals surface area contributed by atoms with E-state index in [4.69, 9.17) is 26.8 Å². The summed E-state index contributed by atoms with van der Waals surface area (Å²) in [4.78, 5) is 26.3. The molecule has 0 radical (unpaired) electrons. The zero-order chi connectivity index (χ0) is 26.2. The minimum Gasteiger partial charge on any atom is -0.454 e. The summed E-state index contributed by atoms with van der Waals surface area (Å²) >= 11 is 6.74. The first kappa shape index (κ1) is 23.9. The van der Waals surface area contributed by atoms with Gasteiger partial charge in [0.2, 0.25) is 6.79 Å². The molecular weight excluding hydrogens is 524 g/mol. The summed E-state index contributed by atoms with van der Waals surface area (Å²) in [5.41, 5.74) is 3.35. The van der Waals surface area contributed by atoms with Gasteiger partial charge in [0.1, 0.15) is 10.0 Å². The molecule has 1 amide bonds. The van der Waals surface area contributed by atoms with E-state index in [0.717, 1.165) is 11.3 Å². The monoisotopic (exact) mass is 542 g/mol. The molecule has 0 saturated carbocycles. The number of non-ortho nitro benzene ring substituents is 1. The van der Waals surface area contributed by atoms with E-state index < -0.39 is 4.92 Å². The van der Waals surface area contributed by atoms with E-state index >= 15 is 0 Å². The van der Waals surface area contributed by atoms with Gasteiger partial charge in [0.25, 0.3) is 11.6 Å². The Morgan fingerprint density at radius 2 is 1.87 bits per heavy atom. The summed E-state index contributed by atoms with van der Waals surface area (Å²) in [6, 6.07) is 21.3. The van der Waals surface area contributed by atoms with Crippen LogP contribution in [0.3, 0.4) is 0 Å². The smallest absolute Gasteiger partial charge is 0.270 e. The Morgan fingerprint density at radius 3 is 2.68 bits per heavy atom. The summed E-state index contributed by atoms with van der Waals surface area (Å²) in [5, 5.41) is 16.1. The number of nitro benzene ring substituents is 1. The van der Waals surface area contributed by atoms with E-state index in [1.165, 1.54) is 28.8 Å². The van der Waals surface area contributed by atoms with Crippen LogP contribution in [0.4, 0.5) is 5.69 Å². The highest BCUT2D eigenvalue weighted by molar-refractivity contribution is 8.26. The molecule has 9 nitrogen and oxygen atoms in total. The van der Waals surface area contributed by atoms with Crippen LogP contribution in [-0.2, 0) is 11.3 Å². The highest BCUT2D eigenvalue weighted by Gasteiger charge is 2.33. The molecule has 0 spiro atoms. The number of para-hydroxylation sites is 1. The first-order valence-electron chi connectivity index (χ1n) is 11.5. The van der Waals surface area contributed by atoms with Crippen molar-refractivity contribution in [3.63, 3.8) is 0 Å². The lowest BCUT2D eigenvalue weighted by atomic mass is 10.1. The predicted molar refractivity (Wildman–Crippen MR) is 147 cm³/mol. The maximum absolute atomic E-state index is 13.4. The Balaban J connectivity index is 1.35. The van der Waals surface area contributed by atoms with Gasteiger partial charge in [0.05, 0.1) is 22.1 Å². The largest absolute Gasteiger partial charge is 0.454 e. The third-order valence-corrected chi connectivity index (χ3v) is 7.41. The molecule has 0 bridgehead atoms. The molecule has 0 N–H and O–H groups in total. The van der Waals surface area contributed by atoms with Crippen molar-refractivity contribution < 1.29 is 19.2 Å². The first-order valence-corrected chi connectivity index (χ1v) is 12.7. The van der Waals surface area contributed by atoms with Crippen LogP contribution in [0.15, 0.2) is 83.9 Å². The highest BCUT2D eigenvalue weighted by atomic mass is 32.2. The predicted octanol–water partition coefficient (Wildman–Crippen LogP) is 5.58. The summed E-state index contributed by atoms with van der Waals surface area (Å²) < 4.78 is 12.9. The number of nitrogens with zero attached hydrogens (tertiary/aromatic N) is 4. The normalized spacial score (nSPS) is 15.5. The molecular formula is C27H18N4O5S2. The van der Waals surface area contributed by atoms with Crippen LogP contribution in [0.5, 0.6) is 11.5 Å². The molecule has 0 unspecified atom stereocenters. The lowest BCUT2D eigenvalue weighted by Gasteiger charge is -2.14. The van der Waals surface area contributed by atoms with Crippen LogP contribution in [0.1, 0.15) is 11.1 Å². The second-order valence-electron chi connectivity index (χ2n) is 8.48. The molecule has 6 rings (SSSR count). The molecule has 2 aliphatic heterocycles. The molecule has 188 valence electrons. The van der Waals surface area contributed by atoms with E-state index in [-0.39, 0.29) is 18.4 Å². The number of ether oxygens (including phenoxy) is 2. The summed E-state index contributed by atoms with van der Waals surface area (Å²) in [6.45, 7) is 0.464. The number of hydrogen-bond acceptors (Lipinski definition) is 8. The lowest BCUT2D eigenvalue weighted by Crippen LogP contribution is -2.27. The fourth-order valence-electron chi connectivity index (χ4n) is 4.20. The average molecular weight is 543 g/mol. The van der Waals surface area contributed by atoms with Crippen molar-refractivity contribution in [2.75, 3.05) is 6.79 Å². The molecule has 4 aromatic rings. The Bertz CT molecular complexity index is 1630. The van der Waals surface area contributed by atoms with Gasteiger partial charge in [-0.1, -0.05) is 60.4 Å². The maximum Gasteiger partial charge on any atom is 0.270 e. The minimum absolute atomic E-state index is 0.0437. The van der Waals surface area contributed by atoms with Gasteiger partial charge in [-0.15, -0.1) is 0 Å². The second-order valence-corrected chi connectivity index (χ2v) is 10.2. The number of carbonyl (C=O) groups is 1. The number of carbonyl (C=O) groups excluding carboxylic acids is 1. The van der Waals surface area contributed by atoms with Crippen molar-refractivity contribution in [2.24, 2.45) is 0 Å². The van der Waals surface area contributed by atoms with Crippen LogP contribution in [-0.4, -0.2) is 36.6 Å². The number of thioether (sulfide) groups is 1. The van der Waals surface area contributed by atoms with Gasteiger partial charge in [-0.2, -0.15) is 5.10 Å². The van der Waals surface area contributed by atoms with Gasteiger partial charge >= 0.3 is 0 Å². The van der Waals surface area contributed by atoms with Crippen LogP contribution in [0.2, 0.25) is 0 Å². The zero-order valence-electron chi connectivity index (χ0n) is 19.6. The zero-order valence-corrected chi connectivity index (χ0v) is 21.3. The molecule has 3 aromatic carbocycles. The van der Waals surface area contributed by atoms with Gasteiger partial charge in [0, 0.05) is 29.5 Å². The SMILES string of the molecule is O=C1C(=Cc2cn(-c3ccccc3)nc2-c2cccc([N+](=O)[O-])c2)SC(=S)N1Cc1ccc2c(c1)OCO2. The minimum atomic E-state index is -0.446. The third-order valence-electron chi connectivity index (χ3n) is 6.03. The van der Waals surface area contributed by atoms with Crippen molar-refractivity contribution in [2.45, 2.75) is 6.54 Å². The number of amides is 1. The van der Waals surface area contributed by atoms with Gasteiger partial charge < -0.3 is 9.47 Å². The van der Waals surface area contributed by atoms with Gasteiger partial charge in [0.15, 0.2) is 11.5 Å². The number of thiocarbonyl (C=S) groups is 1.